The molecule has 29 heavy (non-hydrogen) atoms. The SMILES string of the molecule is CCc1ccccc1NC(=O)c1cc(N2CCN(c3ncccn3)CC2)ncn1. The summed E-state index contributed by atoms with van der Waals surface area (Å²) in [7, 11) is 0. The Balaban J connectivity index is 1.43. The van der Waals surface area contributed by atoms with Crippen LogP contribution in [0.4, 0.5) is 17.5 Å². The summed E-state index contributed by atoms with van der Waals surface area (Å²) in [6.07, 6.45) is 5.80. The largest absolute Gasteiger partial charge is 0.353 e. The van der Waals surface area contributed by atoms with Gasteiger partial charge in [0.25, 0.3) is 5.91 Å². The molecule has 3 heterocycles. The molecule has 0 aliphatic carbocycles. The molecule has 1 aromatic carbocycles. The van der Waals surface area contributed by atoms with Crippen molar-refractivity contribution in [1.82, 2.24) is 19.9 Å². The number of hydrogen-bond donors (Lipinski definition) is 1. The Morgan fingerprint density at radius 3 is 2.45 bits per heavy atom. The Bertz CT molecular complexity index is 972. The van der Waals surface area contributed by atoms with Gasteiger partial charge in [-0.3, -0.25) is 4.79 Å². The van der Waals surface area contributed by atoms with Crippen LogP contribution >= 0.6 is 0 Å². The Kier molecular flexibility index (Phi) is 5.60. The predicted octanol–water partition coefficient (Wildman–Crippen LogP) is 2.41. The van der Waals surface area contributed by atoms with Gasteiger partial charge in [-0.2, -0.15) is 0 Å². The zero-order valence-corrected chi connectivity index (χ0v) is 16.3. The van der Waals surface area contributed by atoms with Crippen molar-refractivity contribution in [3.05, 3.63) is 66.4 Å². The van der Waals surface area contributed by atoms with Crippen LogP contribution in [0, 0.1) is 0 Å². The molecule has 4 rings (SSSR count). The number of carbonyl (C=O) groups excluding carboxylic acids is 1. The molecule has 0 bridgehead atoms. The zero-order valence-electron chi connectivity index (χ0n) is 16.3. The Hall–Kier alpha value is -3.55. The average Bonchev–Trinajstić information content (AvgIpc) is 2.80. The van der Waals surface area contributed by atoms with Gasteiger partial charge in [-0.1, -0.05) is 25.1 Å². The van der Waals surface area contributed by atoms with Crippen LogP contribution in [-0.4, -0.2) is 52.0 Å². The molecule has 1 aliphatic rings. The van der Waals surface area contributed by atoms with Gasteiger partial charge in [0.1, 0.15) is 17.8 Å². The molecular weight excluding hydrogens is 366 g/mol. The molecule has 1 aliphatic heterocycles. The van der Waals surface area contributed by atoms with Crippen LogP contribution in [0.2, 0.25) is 0 Å². The van der Waals surface area contributed by atoms with Crippen LogP contribution in [0.25, 0.3) is 0 Å². The first-order chi connectivity index (χ1) is 14.2. The summed E-state index contributed by atoms with van der Waals surface area (Å²) in [6.45, 7) is 5.19. The van der Waals surface area contributed by atoms with E-state index in [9.17, 15) is 4.79 Å². The molecule has 0 unspecified atom stereocenters. The molecule has 0 radical (unpaired) electrons. The number of aryl methyl sites for hydroxylation is 1. The lowest BCUT2D eigenvalue weighted by atomic mass is 10.1. The summed E-state index contributed by atoms with van der Waals surface area (Å²) < 4.78 is 0. The number of aromatic nitrogens is 4. The normalized spacial score (nSPS) is 14.0. The molecule has 1 fully saturated rings. The van der Waals surface area contributed by atoms with Gasteiger partial charge < -0.3 is 15.1 Å². The first-order valence-electron chi connectivity index (χ1n) is 9.73. The molecular formula is C21H23N7O. The zero-order chi connectivity index (χ0) is 20.1. The molecule has 2 aromatic heterocycles. The van der Waals surface area contributed by atoms with Gasteiger partial charge in [0, 0.05) is 50.3 Å². The molecule has 0 atom stereocenters. The van der Waals surface area contributed by atoms with Crippen molar-refractivity contribution in [2.75, 3.05) is 41.3 Å². The standard InChI is InChI=1S/C21H23N7O/c1-2-16-6-3-4-7-17(16)26-20(29)18-14-19(25-15-24-18)27-10-12-28(13-11-27)21-22-8-5-9-23-21/h3-9,14-15H,2,10-13H2,1H3,(H,26,29). The van der Waals surface area contributed by atoms with E-state index in [0.29, 0.717) is 5.69 Å². The monoisotopic (exact) mass is 389 g/mol. The summed E-state index contributed by atoms with van der Waals surface area (Å²) in [4.78, 5) is 34.2. The Morgan fingerprint density at radius 1 is 0.966 bits per heavy atom. The number of piperazine rings is 1. The molecule has 148 valence electrons. The molecule has 3 aromatic rings. The second-order valence-corrected chi connectivity index (χ2v) is 6.75. The second-order valence-electron chi connectivity index (χ2n) is 6.75. The smallest absolute Gasteiger partial charge is 0.274 e. The van der Waals surface area contributed by atoms with Crippen molar-refractivity contribution in [2.24, 2.45) is 0 Å². The lowest BCUT2D eigenvalue weighted by molar-refractivity contribution is 0.102. The van der Waals surface area contributed by atoms with E-state index in [1.54, 1.807) is 18.5 Å². The van der Waals surface area contributed by atoms with Crippen LogP contribution in [0.5, 0.6) is 0 Å². The molecule has 1 saturated heterocycles. The number of amides is 1. The highest BCUT2D eigenvalue weighted by molar-refractivity contribution is 6.03. The van der Waals surface area contributed by atoms with E-state index in [2.05, 4.69) is 42.0 Å². The summed E-state index contributed by atoms with van der Waals surface area (Å²) >= 11 is 0. The number of anilines is 3. The topological polar surface area (TPSA) is 87.1 Å². The van der Waals surface area contributed by atoms with Gasteiger partial charge in [0.2, 0.25) is 5.95 Å². The van der Waals surface area contributed by atoms with E-state index in [0.717, 1.165) is 55.6 Å². The number of para-hydroxylation sites is 1. The van der Waals surface area contributed by atoms with Crippen LogP contribution in [0.15, 0.2) is 55.1 Å². The number of rotatable bonds is 5. The lowest BCUT2D eigenvalue weighted by Crippen LogP contribution is -2.47. The van der Waals surface area contributed by atoms with Crippen molar-refractivity contribution in [3.8, 4) is 0 Å². The third-order valence-electron chi connectivity index (χ3n) is 4.97. The minimum absolute atomic E-state index is 0.231. The van der Waals surface area contributed by atoms with Crippen LogP contribution in [-0.2, 0) is 6.42 Å². The average molecular weight is 389 g/mol. The van der Waals surface area contributed by atoms with Gasteiger partial charge >= 0.3 is 0 Å². The van der Waals surface area contributed by atoms with Gasteiger partial charge in [-0.15, -0.1) is 0 Å². The van der Waals surface area contributed by atoms with E-state index >= 15 is 0 Å². The quantitative estimate of drug-likeness (QED) is 0.717. The third-order valence-corrected chi connectivity index (χ3v) is 4.97. The van der Waals surface area contributed by atoms with Gasteiger partial charge in [0.05, 0.1) is 0 Å². The molecule has 8 heteroatoms. The number of nitrogens with zero attached hydrogens (tertiary/aromatic N) is 6. The fourth-order valence-corrected chi connectivity index (χ4v) is 3.37. The molecule has 1 amide bonds. The molecule has 0 spiro atoms. The number of nitrogens with one attached hydrogen (secondary N) is 1. The van der Waals surface area contributed by atoms with Crippen molar-refractivity contribution in [3.63, 3.8) is 0 Å². The van der Waals surface area contributed by atoms with Gasteiger partial charge in [-0.25, -0.2) is 19.9 Å². The maximum atomic E-state index is 12.7. The summed E-state index contributed by atoms with van der Waals surface area (Å²) in [5.41, 5.74) is 2.26. The maximum Gasteiger partial charge on any atom is 0.274 e. The van der Waals surface area contributed by atoms with E-state index in [1.165, 1.54) is 6.33 Å². The van der Waals surface area contributed by atoms with Crippen molar-refractivity contribution in [2.45, 2.75) is 13.3 Å². The summed E-state index contributed by atoms with van der Waals surface area (Å²) in [6, 6.07) is 11.4. The van der Waals surface area contributed by atoms with Crippen molar-refractivity contribution < 1.29 is 4.79 Å². The van der Waals surface area contributed by atoms with E-state index in [-0.39, 0.29) is 5.91 Å². The number of benzene rings is 1. The first-order valence-corrected chi connectivity index (χ1v) is 9.73. The third kappa shape index (κ3) is 4.31. The minimum Gasteiger partial charge on any atom is -0.353 e. The summed E-state index contributed by atoms with van der Waals surface area (Å²) in [5, 5.41) is 2.96. The Morgan fingerprint density at radius 2 is 1.69 bits per heavy atom. The number of carbonyl (C=O) groups is 1. The molecule has 0 saturated carbocycles. The van der Waals surface area contributed by atoms with Crippen LogP contribution < -0.4 is 15.1 Å². The predicted molar refractivity (Wildman–Crippen MR) is 112 cm³/mol. The van der Waals surface area contributed by atoms with Crippen molar-refractivity contribution in [1.29, 1.82) is 0 Å². The second kappa shape index (κ2) is 8.64. The lowest BCUT2D eigenvalue weighted by Gasteiger charge is -2.35. The fraction of sp³-hybridized carbons (Fsp3) is 0.286. The molecule has 8 nitrogen and oxygen atoms in total. The van der Waals surface area contributed by atoms with Gasteiger partial charge in [-0.05, 0) is 24.1 Å². The van der Waals surface area contributed by atoms with Crippen LogP contribution in [0.1, 0.15) is 23.0 Å². The van der Waals surface area contributed by atoms with Crippen molar-refractivity contribution >= 4 is 23.4 Å². The maximum absolute atomic E-state index is 12.7. The first kappa shape index (κ1) is 18.8. The van der Waals surface area contributed by atoms with Gasteiger partial charge in [0.15, 0.2) is 0 Å². The van der Waals surface area contributed by atoms with E-state index < -0.39 is 0 Å². The molecule has 1 N–H and O–H groups in total. The fourth-order valence-electron chi connectivity index (χ4n) is 3.37. The highest BCUT2D eigenvalue weighted by atomic mass is 16.1. The minimum atomic E-state index is -0.231. The van der Waals surface area contributed by atoms with Crippen LogP contribution in [0.3, 0.4) is 0 Å². The summed E-state index contributed by atoms with van der Waals surface area (Å²) in [5.74, 6) is 1.26. The highest BCUT2D eigenvalue weighted by Crippen LogP contribution is 2.19. The highest BCUT2D eigenvalue weighted by Gasteiger charge is 2.21. The number of hydrogen-bond acceptors (Lipinski definition) is 7. The Labute approximate surface area is 169 Å². The van der Waals surface area contributed by atoms with E-state index in [4.69, 9.17) is 0 Å². The van der Waals surface area contributed by atoms with E-state index in [1.807, 2.05) is 30.3 Å².